The van der Waals surface area contributed by atoms with Crippen molar-refractivity contribution in [2.24, 2.45) is 5.92 Å². The van der Waals surface area contributed by atoms with Gasteiger partial charge in [0.1, 0.15) is 5.92 Å². The van der Waals surface area contributed by atoms with E-state index in [1.807, 2.05) is 23.1 Å². The van der Waals surface area contributed by atoms with Crippen LogP contribution in [0.1, 0.15) is 19.0 Å². The molecule has 0 bridgehead atoms. The number of ether oxygens (including phenoxy) is 1. The van der Waals surface area contributed by atoms with Crippen LogP contribution in [-0.2, 0) is 20.9 Å². The molecule has 1 aromatic rings. The fraction of sp³-hybridized carbons (Fsp3) is 0.500. The maximum absolute atomic E-state index is 11.9. The lowest BCUT2D eigenvalue weighted by Gasteiger charge is -2.29. The molecule has 0 amide bonds. The van der Waals surface area contributed by atoms with Gasteiger partial charge < -0.3 is 4.74 Å². The fourth-order valence-corrected chi connectivity index (χ4v) is 2.23. The quantitative estimate of drug-likeness (QED) is 0.599. The number of carbonyl (C=O) groups is 2. The molecule has 5 nitrogen and oxygen atoms in total. The summed E-state index contributed by atoms with van der Waals surface area (Å²) in [4.78, 5) is 29.8. The second-order valence-electron chi connectivity index (χ2n) is 4.59. The molecular weight excluding hydrogens is 244 g/mol. The van der Waals surface area contributed by atoms with Crippen LogP contribution in [0.4, 0.5) is 0 Å². The lowest BCUT2D eigenvalue weighted by molar-refractivity contribution is -0.153. The van der Waals surface area contributed by atoms with Crippen LogP contribution in [0.3, 0.4) is 0 Å². The van der Waals surface area contributed by atoms with E-state index in [1.54, 1.807) is 13.1 Å². The van der Waals surface area contributed by atoms with Crippen molar-refractivity contribution in [2.45, 2.75) is 19.9 Å². The minimum absolute atomic E-state index is 0.0550. The normalized spacial score (nSPS) is 20.3. The highest BCUT2D eigenvalue weighted by molar-refractivity contribution is 6.00. The maximum Gasteiger partial charge on any atom is 0.316 e. The molecule has 1 aromatic heterocycles. The Morgan fingerprint density at radius 2 is 2.37 bits per heavy atom. The number of pyridine rings is 1. The van der Waals surface area contributed by atoms with Crippen LogP contribution in [-0.4, -0.2) is 41.3 Å². The van der Waals surface area contributed by atoms with E-state index in [4.69, 9.17) is 4.74 Å². The Bertz CT molecular complexity index is 447. The molecule has 0 N–H and O–H groups in total. The highest BCUT2D eigenvalue weighted by atomic mass is 16.5. The first-order valence-electron chi connectivity index (χ1n) is 6.52. The summed E-state index contributed by atoms with van der Waals surface area (Å²) < 4.78 is 4.91. The number of ketones is 1. The van der Waals surface area contributed by atoms with E-state index in [0.29, 0.717) is 32.7 Å². The Hall–Kier alpha value is -1.75. The Labute approximate surface area is 112 Å². The van der Waals surface area contributed by atoms with Gasteiger partial charge in [-0.1, -0.05) is 6.07 Å². The number of esters is 1. The molecule has 1 fully saturated rings. The predicted octanol–water partition coefficient (Wildman–Crippen LogP) is 1.04. The van der Waals surface area contributed by atoms with Crippen molar-refractivity contribution in [2.75, 3.05) is 19.7 Å². The zero-order valence-electron chi connectivity index (χ0n) is 11.0. The average Bonchev–Trinajstić information content (AvgIpc) is 2.40. The van der Waals surface area contributed by atoms with Crippen LogP contribution in [0.2, 0.25) is 0 Å². The summed E-state index contributed by atoms with van der Waals surface area (Å²) in [6, 6.07) is 5.72. The zero-order valence-corrected chi connectivity index (χ0v) is 11.0. The van der Waals surface area contributed by atoms with Gasteiger partial charge in [0, 0.05) is 19.3 Å². The summed E-state index contributed by atoms with van der Waals surface area (Å²) in [7, 11) is 0. The van der Waals surface area contributed by atoms with Crippen molar-refractivity contribution in [3.8, 4) is 0 Å². The largest absolute Gasteiger partial charge is 0.465 e. The van der Waals surface area contributed by atoms with Crippen molar-refractivity contribution in [3.63, 3.8) is 0 Å². The van der Waals surface area contributed by atoms with Crippen molar-refractivity contribution in [1.29, 1.82) is 0 Å². The summed E-state index contributed by atoms with van der Waals surface area (Å²) in [5.41, 5.74) is 0.935. The minimum Gasteiger partial charge on any atom is -0.465 e. The first-order chi connectivity index (χ1) is 9.20. The van der Waals surface area contributed by atoms with Gasteiger partial charge in [0.05, 0.1) is 18.8 Å². The van der Waals surface area contributed by atoms with Crippen LogP contribution in [0.15, 0.2) is 24.4 Å². The van der Waals surface area contributed by atoms with E-state index in [9.17, 15) is 9.59 Å². The molecule has 1 aliphatic heterocycles. The SMILES string of the molecule is CCOC(=O)C1CCN(Cc2ccccn2)CC1=O. The van der Waals surface area contributed by atoms with E-state index in [-0.39, 0.29) is 11.8 Å². The van der Waals surface area contributed by atoms with E-state index in [1.165, 1.54) is 0 Å². The topological polar surface area (TPSA) is 59.5 Å². The smallest absolute Gasteiger partial charge is 0.316 e. The van der Waals surface area contributed by atoms with Gasteiger partial charge >= 0.3 is 5.97 Å². The molecule has 102 valence electrons. The van der Waals surface area contributed by atoms with Gasteiger partial charge in [0.15, 0.2) is 5.78 Å². The van der Waals surface area contributed by atoms with Gasteiger partial charge in [-0.05, 0) is 25.5 Å². The second kappa shape index (κ2) is 6.43. The second-order valence-corrected chi connectivity index (χ2v) is 4.59. The zero-order chi connectivity index (χ0) is 13.7. The molecule has 2 heterocycles. The number of aromatic nitrogens is 1. The fourth-order valence-electron chi connectivity index (χ4n) is 2.23. The summed E-state index contributed by atoms with van der Waals surface area (Å²) >= 11 is 0. The van der Waals surface area contributed by atoms with Gasteiger partial charge in [-0.15, -0.1) is 0 Å². The Balaban J connectivity index is 1.90. The average molecular weight is 262 g/mol. The van der Waals surface area contributed by atoms with Gasteiger partial charge in [0.25, 0.3) is 0 Å². The number of carbonyl (C=O) groups excluding carboxylic acids is 2. The molecule has 0 aromatic carbocycles. The molecule has 5 heteroatoms. The van der Waals surface area contributed by atoms with E-state index in [0.717, 1.165) is 5.69 Å². The van der Waals surface area contributed by atoms with Crippen LogP contribution < -0.4 is 0 Å². The molecule has 1 saturated heterocycles. The van der Waals surface area contributed by atoms with Gasteiger partial charge in [-0.25, -0.2) is 0 Å². The maximum atomic E-state index is 11.9. The molecule has 1 unspecified atom stereocenters. The van der Waals surface area contributed by atoms with Crippen LogP contribution in [0, 0.1) is 5.92 Å². The molecule has 0 saturated carbocycles. The lowest BCUT2D eigenvalue weighted by Crippen LogP contribution is -2.43. The van der Waals surface area contributed by atoms with Gasteiger partial charge in [-0.2, -0.15) is 0 Å². The van der Waals surface area contributed by atoms with E-state index in [2.05, 4.69) is 4.98 Å². The third-order valence-electron chi connectivity index (χ3n) is 3.18. The number of piperidine rings is 1. The minimum atomic E-state index is -0.583. The predicted molar refractivity (Wildman–Crippen MR) is 69.3 cm³/mol. The molecule has 0 radical (unpaired) electrons. The summed E-state index contributed by atoms with van der Waals surface area (Å²) in [6.45, 7) is 3.72. The summed E-state index contributed by atoms with van der Waals surface area (Å²) in [5, 5.41) is 0. The van der Waals surface area contributed by atoms with Gasteiger partial charge in [0.2, 0.25) is 0 Å². The number of hydrogen-bond acceptors (Lipinski definition) is 5. The molecular formula is C14H18N2O3. The van der Waals surface area contributed by atoms with E-state index >= 15 is 0 Å². The Morgan fingerprint density at radius 1 is 1.53 bits per heavy atom. The molecule has 2 rings (SSSR count). The highest BCUT2D eigenvalue weighted by Crippen LogP contribution is 2.17. The number of Topliss-reactive ketones (excluding diaryl/α,β-unsaturated/α-hetero) is 1. The number of rotatable bonds is 4. The van der Waals surface area contributed by atoms with Crippen LogP contribution >= 0.6 is 0 Å². The third-order valence-corrected chi connectivity index (χ3v) is 3.18. The Kier molecular flexibility index (Phi) is 4.63. The van der Waals surface area contributed by atoms with Crippen molar-refractivity contribution >= 4 is 11.8 Å². The van der Waals surface area contributed by atoms with Gasteiger partial charge in [-0.3, -0.25) is 19.5 Å². The standard InChI is InChI=1S/C14H18N2O3/c1-2-19-14(18)12-6-8-16(10-13(12)17)9-11-5-3-4-7-15-11/h3-5,7,12H,2,6,8-10H2,1H3. The molecule has 1 atom stereocenters. The molecule has 1 aliphatic rings. The monoisotopic (exact) mass is 262 g/mol. The molecule has 0 spiro atoms. The molecule has 19 heavy (non-hydrogen) atoms. The number of hydrogen-bond donors (Lipinski definition) is 0. The summed E-state index contributed by atoms with van der Waals surface area (Å²) in [6.07, 6.45) is 2.27. The molecule has 0 aliphatic carbocycles. The van der Waals surface area contributed by atoms with Crippen LogP contribution in [0.5, 0.6) is 0 Å². The summed E-state index contributed by atoms with van der Waals surface area (Å²) in [5.74, 6) is -1.02. The highest BCUT2D eigenvalue weighted by Gasteiger charge is 2.33. The van der Waals surface area contributed by atoms with E-state index < -0.39 is 5.92 Å². The number of nitrogens with zero attached hydrogens (tertiary/aromatic N) is 2. The lowest BCUT2D eigenvalue weighted by atomic mass is 9.95. The third kappa shape index (κ3) is 3.61. The first-order valence-corrected chi connectivity index (χ1v) is 6.52. The van der Waals surface area contributed by atoms with Crippen molar-refractivity contribution in [3.05, 3.63) is 30.1 Å². The van der Waals surface area contributed by atoms with Crippen LogP contribution in [0.25, 0.3) is 0 Å². The first kappa shape index (κ1) is 13.7. The van der Waals surface area contributed by atoms with Crippen molar-refractivity contribution in [1.82, 2.24) is 9.88 Å². The van der Waals surface area contributed by atoms with Crippen molar-refractivity contribution < 1.29 is 14.3 Å². The number of likely N-dealkylation sites (tertiary alicyclic amines) is 1. The Morgan fingerprint density at radius 3 is 3.00 bits per heavy atom.